The lowest BCUT2D eigenvalue weighted by Crippen LogP contribution is -2.30. The second kappa shape index (κ2) is 6.69. The average Bonchev–Trinajstić information content (AvgIpc) is 2.26. The Kier molecular flexibility index (Phi) is 5.50. The first-order valence-corrected chi connectivity index (χ1v) is 6.36. The van der Waals surface area contributed by atoms with Crippen LogP contribution in [0.25, 0.3) is 0 Å². The molecule has 1 unspecified atom stereocenters. The van der Waals surface area contributed by atoms with Crippen molar-refractivity contribution >= 4 is 17.4 Å². The first-order chi connectivity index (χ1) is 7.27. The van der Waals surface area contributed by atoms with Gasteiger partial charge in [0.1, 0.15) is 0 Å². The third kappa shape index (κ3) is 4.10. The van der Waals surface area contributed by atoms with Gasteiger partial charge < -0.3 is 11.1 Å². The monoisotopic (exact) mass is 225 g/mol. The Morgan fingerprint density at radius 2 is 2.40 bits per heavy atom. The maximum Gasteiger partial charge on any atom is 0.0378 e. The van der Waals surface area contributed by atoms with Gasteiger partial charge in [-0.15, -0.1) is 0 Å². The van der Waals surface area contributed by atoms with E-state index in [1.54, 1.807) is 6.20 Å². The molecule has 3 N–H and O–H groups in total. The molecule has 0 radical (unpaired) electrons. The summed E-state index contributed by atoms with van der Waals surface area (Å²) in [6, 6.07) is 2.33. The van der Waals surface area contributed by atoms with Gasteiger partial charge in [-0.25, -0.2) is 0 Å². The summed E-state index contributed by atoms with van der Waals surface area (Å²) in [7, 11) is 1.99. The number of likely N-dealkylation sites (N-methyl/N-ethyl adjacent to an activating group) is 1. The lowest BCUT2D eigenvalue weighted by molar-refractivity contribution is 0.617. The van der Waals surface area contributed by atoms with Crippen LogP contribution in [-0.2, 0) is 6.42 Å². The number of nitrogens with one attached hydrogen (secondary N) is 1. The fourth-order valence-corrected chi connectivity index (χ4v) is 2.18. The van der Waals surface area contributed by atoms with E-state index in [-0.39, 0.29) is 0 Å². The van der Waals surface area contributed by atoms with E-state index in [4.69, 9.17) is 5.73 Å². The van der Waals surface area contributed by atoms with E-state index < -0.39 is 0 Å². The molecule has 1 aromatic heterocycles. The quantitative estimate of drug-likeness (QED) is 0.771. The summed E-state index contributed by atoms with van der Waals surface area (Å²) in [4.78, 5) is 4.10. The zero-order chi connectivity index (χ0) is 11.1. The first-order valence-electron chi connectivity index (χ1n) is 5.21. The van der Waals surface area contributed by atoms with Crippen LogP contribution in [-0.4, -0.2) is 29.6 Å². The second-order valence-electron chi connectivity index (χ2n) is 3.42. The molecule has 0 aliphatic rings. The van der Waals surface area contributed by atoms with Gasteiger partial charge in [0.25, 0.3) is 0 Å². The summed E-state index contributed by atoms with van der Waals surface area (Å²) in [5.74, 6) is 2.27. The van der Waals surface area contributed by atoms with Gasteiger partial charge >= 0.3 is 0 Å². The van der Waals surface area contributed by atoms with Crippen molar-refractivity contribution in [2.75, 3.05) is 24.3 Å². The molecular weight excluding hydrogens is 206 g/mol. The van der Waals surface area contributed by atoms with Crippen LogP contribution in [0.4, 0.5) is 5.69 Å². The predicted molar refractivity (Wildman–Crippen MR) is 68.2 cm³/mol. The topological polar surface area (TPSA) is 50.9 Å². The molecule has 0 aromatic carbocycles. The second-order valence-corrected chi connectivity index (χ2v) is 4.74. The Bertz CT molecular complexity index is 291. The van der Waals surface area contributed by atoms with Gasteiger partial charge in [0.2, 0.25) is 0 Å². The number of nitrogens with two attached hydrogens (primary N) is 1. The Morgan fingerprint density at radius 1 is 1.60 bits per heavy atom. The van der Waals surface area contributed by atoms with E-state index in [1.165, 1.54) is 0 Å². The first kappa shape index (κ1) is 12.3. The molecule has 0 bridgehead atoms. The van der Waals surface area contributed by atoms with Crippen LogP contribution in [0, 0.1) is 0 Å². The minimum absolute atomic E-state index is 0.474. The molecule has 15 heavy (non-hydrogen) atoms. The third-order valence-electron chi connectivity index (χ3n) is 2.34. The Hall–Kier alpha value is -0.740. The molecular formula is C11H19N3S. The minimum atomic E-state index is 0.474. The average molecular weight is 225 g/mol. The molecule has 0 spiro atoms. The molecule has 84 valence electrons. The third-order valence-corrected chi connectivity index (χ3v) is 3.39. The number of anilines is 1. The highest BCUT2D eigenvalue weighted by molar-refractivity contribution is 7.99. The zero-order valence-corrected chi connectivity index (χ0v) is 10.2. The van der Waals surface area contributed by atoms with Gasteiger partial charge in [-0.2, -0.15) is 11.8 Å². The maximum atomic E-state index is 5.88. The number of hydrogen-bond acceptors (Lipinski definition) is 4. The Balaban J connectivity index is 2.54. The van der Waals surface area contributed by atoms with Gasteiger partial charge in [-0.3, -0.25) is 4.98 Å². The lowest BCUT2D eigenvalue weighted by Gasteiger charge is -2.16. The molecule has 1 aromatic rings. The summed E-state index contributed by atoms with van der Waals surface area (Å²) < 4.78 is 0. The van der Waals surface area contributed by atoms with Gasteiger partial charge in [0.15, 0.2) is 0 Å². The lowest BCUT2D eigenvalue weighted by atomic mass is 10.1. The van der Waals surface area contributed by atoms with Gasteiger partial charge in [0, 0.05) is 29.9 Å². The van der Waals surface area contributed by atoms with Crippen LogP contribution in [0.3, 0.4) is 0 Å². The fraction of sp³-hybridized carbons (Fsp3) is 0.545. The molecule has 0 aliphatic carbocycles. The smallest absolute Gasteiger partial charge is 0.0378 e. The van der Waals surface area contributed by atoms with Crippen LogP contribution < -0.4 is 11.1 Å². The van der Waals surface area contributed by atoms with Crippen LogP contribution in [0.2, 0.25) is 0 Å². The predicted octanol–water partition coefficient (Wildman–Crippen LogP) is 1.55. The van der Waals surface area contributed by atoms with Crippen molar-refractivity contribution in [1.82, 2.24) is 10.3 Å². The van der Waals surface area contributed by atoms with Crippen LogP contribution in [0.5, 0.6) is 0 Å². The molecule has 1 heterocycles. The van der Waals surface area contributed by atoms with Crippen molar-refractivity contribution in [3.8, 4) is 0 Å². The summed E-state index contributed by atoms with van der Waals surface area (Å²) in [5.41, 5.74) is 7.85. The highest BCUT2D eigenvalue weighted by atomic mass is 32.2. The van der Waals surface area contributed by atoms with Crippen LogP contribution in [0.1, 0.15) is 12.5 Å². The molecule has 0 saturated carbocycles. The molecule has 1 atom stereocenters. The SMILES string of the molecule is CCSCC(Cc1cnccc1N)NC. The molecule has 4 heteroatoms. The molecule has 3 nitrogen and oxygen atoms in total. The fourth-order valence-electron chi connectivity index (χ4n) is 1.38. The number of aromatic nitrogens is 1. The van der Waals surface area contributed by atoms with Crippen molar-refractivity contribution < 1.29 is 0 Å². The number of nitrogen functional groups attached to an aromatic ring is 1. The Morgan fingerprint density at radius 3 is 3.00 bits per heavy atom. The van der Waals surface area contributed by atoms with Crippen molar-refractivity contribution in [1.29, 1.82) is 0 Å². The highest BCUT2D eigenvalue weighted by Crippen LogP contribution is 2.13. The molecule has 0 saturated heterocycles. The number of thioether (sulfide) groups is 1. The highest BCUT2D eigenvalue weighted by Gasteiger charge is 2.08. The largest absolute Gasteiger partial charge is 0.398 e. The van der Waals surface area contributed by atoms with Crippen LogP contribution in [0.15, 0.2) is 18.5 Å². The molecule has 1 rings (SSSR count). The molecule has 0 amide bonds. The summed E-state index contributed by atoms with van der Waals surface area (Å²) >= 11 is 1.94. The van der Waals surface area contributed by atoms with E-state index in [2.05, 4.69) is 17.2 Å². The number of rotatable bonds is 6. The normalized spacial score (nSPS) is 12.7. The van der Waals surface area contributed by atoms with E-state index >= 15 is 0 Å². The van der Waals surface area contributed by atoms with Crippen molar-refractivity contribution in [2.45, 2.75) is 19.4 Å². The standard InChI is InChI=1S/C11H19N3S/c1-3-15-8-10(13-2)6-9-7-14-5-4-11(9)12/h4-5,7,10,13H,3,6,8H2,1-2H3,(H2,12,14). The van der Waals surface area contributed by atoms with Crippen molar-refractivity contribution in [3.05, 3.63) is 24.0 Å². The van der Waals surface area contributed by atoms with Crippen LogP contribution >= 0.6 is 11.8 Å². The number of nitrogens with zero attached hydrogens (tertiary/aromatic N) is 1. The van der Waals surface area contributed by atoms with E-state index in [0.29, 0.717) is 6.04 Å². The molecule has 0 fully saturated rings. The van der Waals surface area contributed by atoms with Gasteiger partial charge in [-0.1, -0.05) is 6.92 Å². The Labute approximate surface area is 95.9 Å². The summed E-state index contributed by atoms with van der Waals surface area (Å²) in [6.07, 6.45) is 4.54. The molecule has 0 aliphatic heterocycles. The zero-order valence-electron chi connectivity index (χ0n) is 9.36. The maximum absolute atomic E-state index is 5.88. The number of hydrogen-bond donors (Lipinski definition) is 2. The number of pyridine rings is 1. The van der Waals surface area contributed by atoms with E-state index in [9.17, 15) is 0 Å². The van der Waals surface area contributed by atoms with Crippen molar-refractivity contribution in [3.63, 3.8) is 0 Å². The van der Waals surface area contributed by atoms with Crippen molar-refractivity contribution in [2.24, 2.45) is 0 Å². The summed E-state index contributed by atoms with van der Waals surface area (Å²) in [6.45, 7) is 2.18. The van der Waals surface area contributed by atoms with E-state index in [1.807, 2.05) is 31.1 Å². The van der Waals surface area contributed by atoms with E-state index in [0.717, 1.165) is 29.2 Å². The minimum Gasteiger partial charge on any atom is -0.398 e. The van der Waals surface area contributed by atoms with Gasteiger partial charge in [0.05, 0.1) is 0 Å². The van der Waals surface area contributed by atoms with Gasteiger partial charge in [-0.05, 0) is 30.9 Å². The summed E-state index contributed by atoms with van der Waals surface area (Å²) in [5, 5.41) is 3.31.